The lowest BCUT2D eigenvalue weighted by Gasteiger charge is -2.19. The van der Waals surface area contributed by atoms with E-state index >= 15 is 0 Å². The maximum absolute atomic E-state index is 11.8. The Morgan fingerprint density at radius 2 is 1.90 bits per heavy atom. The van der Waals surface area contributed by atoms with Crippen LogP contribution in [-0.4, -0.2) is 63.0 Å². The lowest BCUT2D eigenvalue weighted by molar-refractivity contribution is -0.0423. The first-order chi connectivity index (χ1) is 14.2. The van der Waals surface area contributed by atoms with Crippen LogP contribution in [-0.2, 0) is 31.6 Å². The second-order valence-electron chi connectivity index (χ2n) is 5.72. The van der Waals surface area contributed by atoms with E-state index in [4.69, 9.17) is 26.5 Å². The number of aliphatic hydroxyl groups excluding tert-OH is 1. The molecule has 7 N–H and O–H groups in total. The molecule has 0 spiro atoms. The SMILES string of the molecule is [2H][13C@@H]1[13C@H](O)[13C@@H]([13CH2]OP(=O)(O)OP(=O)(O)OP(=O)(O)O)O[13C@H]1[15n]1[13cH][15n][13c]2[13c]([15NH2])[15n][13cH][15n][13c]21. The van der Waals surface area contributed by atoms with E-state index in [-0.39, 0.29) is 17.0 Å². The van der Waals surface area contributed by atoms with Gasteiger partial charge in [0.25, 0.3) is 0 Å². The first-order valence-electron chi connectivity index (χ1n) is 8.24. The van der Waals surface area contributed by atoms with Crippen molar-refractivity contribution in [3.8, 4) is 0 Å². The zero-order valence-electron chi connectivity index (χ0n) is 15.5. The molecule has 1 saturated heterocycles. The van der Waals surface area contributed by atoms with E-state index in [1.165, 1.54) is 10.9 Å². The van der Waals surface area contributed by atoms with Gasteiger partial charge in [-0.1, -0.05) is 0 Å². The minimum absolute atomic E-state index is 0.0630. The summed E-state index contributed by atoms with van der Waals surface area (Å²) < 4.78 is 60.2. The van der Waals surface area contributed by atoms with Crippen LogP contribution >= 0.6 is 23.5 Å². The number of nitrogens with zero attached hydrogens (tertiary/aromatic N) is 4. The Labute approximate surface area is 168 Å². The first-order valence-corrected chi connectivity index (χ1v) is 12.2. The smallest absolute Gasteiger partial charge is 0.390 e. The van der Waals surface area contributed by atoms with E-state index in [0.29, 0.717) is 0 Å². The number of ether oxygens (including phenoxy) is 1. The summed E-state index contributed by atoms with van der Waals surface area (Å²) >= 11 is 0. The average molecular weight is 507 g/mol. The fourth-order valence-electron chi connectivity index (χ4n) is 2.42. The van der Waals surface area contributed by atoms with Crippen molar-refractivity contribution in [2.24, 2.45) is 0 Å². The molecule has 1 fully saturated rings. The van der Waals surface area contributed by atoms with Crippen LogP contribution in [0, 0.1) is 0 Å². The third kappa shape index (κ3) is 5.68. The Morgan fingerprint density at radius 1 is 1.20 bits per heavy atom. The highest BCUT2D eigenvalue weighted by atomic mass is 31.3. The molecule has 2 aromatic heterocycles. The molecular weight excluding hydrogens is 490 g/mol. The number of rotatable bonds is 8. The highest BCUT2D eigenvalue weighted by Gasteiger charge is 2.43. The van der Waals surface area contributed by atoms with Gasteiger partial charge in [0.05, 0.1) is 19.0 Å². The number of nitrogens with two attached hydrogens (primary N) is 1. The Balaban J connectivity index is 1.69. The summed E-state index contributed by atoms with van der Waals surface area (Å²) in [6, 6.07) is 0. The van der Waals surface area contributed by atoms with E-state index in [9.17, 15) is 23.7 Å². The number of anilines is 1. The van der Waals surface area contributed by atoms with Crippen molar-refractivity contribution in [1.82, 2.24) is 19.5 Å². The van der Waals surface area contributed by atoms with Crippen LogP contribution in [0.1, 0.15) is 14.0 Å². The number of aliphatic hydroxyl groups is 1. The zero-order valence-corrected chi connectivity index (χ0v) is 17.2. The number of hydrogen-bond donors (Lipinski definition) is 6. The molecule has 1 aliphatic rings. The summed E-state index contributed by atoms with van der Waals surface area (Å²) in [7, 11) is -16.6. The van der Waals surface area contributed by atoms with Crippen LogP contribution in [0.2, 0.25) is 0 Å². The zero-order chi connectivity index (χ0) is 23.2. The van der Waals surface area contributed by atoms with Crippen LogP contribution in [0.25, 0.3) is 11.2 Å². The second-order valence-corrected chi connectivity index (χ2v) is 10.1. The molecule has 0 radical (unpaired) electrons. The number of phosphoric acid groups is 3. The third-order valence-electron chi connectivity index (χ3n) is 3.54. The molecule has 0 aliphatic carbocycles. The van der Waals surface area contributed by atoms with E-state index < -0.39 is 54.9 Å². The number of hydrogen-bond acceptors (Lipinski definition) is 12. The van der Waals surface area contributed by atoms with Gasteiger partial charge in [0.2, 0.25) is 0 Å². The molecule has 0 aromatic carbocycles. The number of aromatic nitrogens is 4. The van der Waals surface area contributed by atoms with Gasteiger partial charge in [0, 0.05) is 7.77 Å². The van der Waals surface area contributed by atoms with E-state index in [0.717, 1.165) is 6.33 Å². The Kier molecular flexibility index (Phi) is 6.07. The maximum Gasteiger partial charge on any atom is 0.490 e. The fraction of sp³-hybridized carbons (Fsp3) is 0.500. The molecule has 30 heavy (non-hydrogen) atoms. The highest BCUT2D eigenvalue weighted by molar-refractivity contribution is 7.66. The molecule has 3 heterocycles. The molecule has 0 bridgehead atoms. The van der Waals surface area contributed by atoms with Gasteiger partial charge in [-0.25, -0.2) is 28.6 Å². The van der Waals surface area contributed by atoms with Gasteiger partial charge < -0.3 is 35.2 Å². The van der Waals surface area contributed by atoms with Crippen molar-refractivity contribution in [2.75, 3.05) is 12.3 Å². The molecular formula is C10H16N5O12P3. The van der Waals surface area contributed by atoms with Crippen LogP contribution in [0.15, 0.2) is 12.7 Å². The first kappa shape index (κ1) is 21.9. The van der Waals surface area contributed by atoms with Crippen molar-refractivity contribution in [2.45, 2.75) is 24.8 Å². The summed E-state index contributed by atoms with van der Waals surface area (Å²) in [5.74, 6) is 0.0630. The minimum atomic E-state index is -5.69. The van der Waals surface area contributed by atoms with Crippen molar-refractivity contribution in [3.05, 3.63) is 12.7 Å². The predicted molar refractivity (Wildman–Crippen MR) is 94.1 cm³/mol. The third-order valence-corrected chi connectivity index (χ3v) is 7.34. The quantitative estimate of drug-likeness (QED) is 0.148. The average Bonchev–Trinajstić information content (AvgIpc) is 3.13. The van der Waals surface area contributed by atoms with Crippen molar-refractivity contribution in [3.63, 3.8) is 0 Å². The summed E-state index contributed by atoms with van der Waals surface area (Å²) in [6.45, 7) is -0.916. The van der Waals surface area contributed by atoms with Gasteiger partial charge in [-0.2, -0.15) is 8.62 Å². The monoisotopic (exact) mass is 507 g/mol. The minimum Gasteiger partial charge on any atom is -0.390 e. The topological polar surface area (TPSA) is 259 Å². The normalized spacial score (nSPS) is 29.4. The van der Waals surface area contributed by atoms with E-state index in [2.05, 4.69) is 28.1 Å². The van der Waals surface area contributed by atoms with E-state index in [1.807, 2.05) is 0 Å². The molecule has 0 amide bonds. The van der Waals surface area contributed by atoms with Crippen LogP contribution in [0.5, 0.6) is 0 Å². The summed E-state index contributed by atoms with van der Waals surface area (Å²) in [5.41, 5.74) is 6.09. The highest BCUT2D eigenvalue weighted by Crippen LogP contribution is 2.66. The number of nitrogen functional groups attached to an aromatic ring is 1. The van der Waals surface area contributed by atoms with E-state index in [1.54, 1.807) is 0 Å². The number of phosphoric ester groups is 1. The number of imidazole rings is 1. The molecule has 6 atom stereocenters. The lowest BCUT2D eigenvalue weighted by atomic mass is 11.1. The van der Waals surface area contributed by atoms with Gasteiger partial charge >= 0.3 is 23.5 Å². The van der Waals surface area contributed by atoms with Crippen LogP contribution in [0.3, 0.4) is 0 Å². The van der Waals surface area contributed by atoms with Crippen molar-refractivity contribution < 1.29 is 57.6 Å². The molecule has 168 valence electrons. The molecule has 1 aliphatic heterocycles. The second kappa shape index (κ2) is 8.31. The van der Waals surface area contributed by atoms with Crippen LogP contribution < -0.4 is 5.73 Å². The Hall–Kier alpha value is -1.32. The summed E-state index contributed by atoms with van der Waals surface area (Å²) in [4.78, 5) is 47.4. The number of fused-ring (bicyclic) bond motifs is 1. The Bertz CT molecular complexity index is 1110. The standard InChI is InChI=1S/C10H16N5O12P3/c11-9-8-10(13-3-12-9)15(4-14-8)7-1-5(16)6(25-7)2-24-29(20,21)27-30(22,23)26-28(17,18)19/h3-7,16H,1-2H2,(H,20,21)(H,22,23)(H2,11,12,13)(H2,17,18,19)/t5-,6+,7+/m0/s1/i1+1D,2+1,3+1,4+1,5+1,6+1,7+1,8+1,9+1,10+1,11+1,12+1,13+1,14+1,15+1/t1-,5+,6-,7-/m1. The van der Waals surface area contributed by atoms with Gasteiger partial charge in [-0.3, -0.25) is 9.09 Å². The van der Waals surface area contributed by atoms with Crippen molar-refractivity contribution >= 4 is 40.4 Å². The molecule has 20 heteroatoms. The summed E-state index contributed by atoms with van der Waals surface area (Å²) in [5, 5.41) is 10.2. The predicted octanol–water partition coefficient (Wildman–Crippen LogP) is -0.600. The van der Waals surface area contributed by atoms with Crippen molar-refractivity contribution in [1.29, 1.82) is 0 Å². The fourth-order valence-corrected chi connectivity index (χ4v) is 5.45. The summed E-state index contributed by atoms with van der Waals surface area (Å²) in [6.07, 6.45) is -3.10. The molecule has 2 unspecified atom stereocenters. The largest absolute Gasteiger partial charge is 0.490 e. The molecule has 17 nitrogen and oxygen atoms in total. The molecule has 3 rings (SSSR count). The van der Waals surface area contributed by atoms with Gasteiger partial charge in [0.15, 0.2) is 11.5 Å². The maximum atomic E-state index is 11.8. The molecule has 2 aromatic rings. The Morgan fingerprint density at radius 3 is 2.57 bits per heavy atom. The van der Waals surface area contributed by atoms with Crippen LogP contribution in [0.4, 0.5) is 5.82 Å². The van der Waals surface area contributed by atoms with Gasteiger partial charge in [-0.05, 0) is 0 Å². The van der Waals surface area contributed by atoms with Gasteiger partial charge in [-0.15, -0.1) is 0 Å². The molecule has 0 saturated carbocycles. The lowest BCUT2D eigenvalue weighted by Crippen LogP contribution is -2.26. The van der Waals surface area contributed by atoms with Gasteiger partial charge in [0.1, 0.15) is 24.2 Å².